The van der Waals surface area contributed by atoms with E-state index in [4.69, 9.17) is 0 Å². The Labute approximate surface area is 127 Å². The molecule has 0 aromatic rings. The first kappa shape index (κ1) is 20.9. The van der Waals surface area contributed by atoms with Crippen molar-refractivity contribution in [1.29, 1.82) is 0 Å². The van der Waals surface area contributed by atoms with Crippen LogP contribution in [-0.2, 0) is 0 Å². The van der Waals surface area contributed by atoms with Crippen LogP contribution in [0.3, 0.4) is 0 Å². The highest BCUT2D eigenvalue weighted by atomic mass is 35.5. The number of unbranched alkanes of at least 4 members (excludes halogenated alkanes) is 2. The molecule has 0 fully saturated rings. The van der Waals surface area contributed by atoms with Crippen LogP contribution in [0.1, 0.15) is 53.4 Å². The molecule has 116 valence electrons. The maximum Gasteiger partial charge on any atom is 0.350 e. The molecule has 0 rings (SSSR count). The standard InChI is InChI=1S/C15H34N3.ClH/c1-7-11-13-16(5)15(18(9-3)10-4)17(6)14-12-8-2;/h7-14H2,1-6H3;1H/q+1;/p-1. The van der Waals surface area contributed by atoms with E-state index < -0.39 is 0 Å². The van der Waals surface area contributed by atoms with Crippen molar-refractivity contribution in [3.05, 3.63) is 0 Å². The molecule has 0 spiro atoms. The number of hydrogen-bond acceptors (Lipinski definition) is 0. The van der Waals surface area contributed by atoms with Crippen LogP contribution in [0.5, 0.6) is 0 Å². The van der Waals surface area contributed by atoms with Gasteiger partial charge < -0.3 is 12.4 Å². The topological polar surface area (TPSA) is 9.49 Å². The molecule has 0 aliphatic heterocycles. The lowest BCUT2D eigenvalue weighted by molar-refractivity contribution is -0.530. The summed E-state index contributed by atoms with van der Waals surface area (Å²) < 4.78 is 2.46. The first-order valence-corrected chi connectivity index (χ1v) is 7.66. The van der Waals surface area contributed by atoms with Gasteiger partial charge in [0.2, 0.25) is 0 Å². The molecule has 0 amide bonds. The van der Waals surface area contributed by atoms with Crippen LogP contribution in [0.2, 0.25) is 0 Å². The summed E-state index contributed by atoms with van der Waals surface area (Å²) in [5.74, 6) is 1.39. The Morgan fingerprint density at radius 1 is 0.789 bits per heavy atom. The molecule has 0 saturated heterocycles. The van der Waals surface area contributed by atoms with Crippen molar-refractivity contribution in [2.75, 3.05) is 40.3 Å². The van der Waals surface area contributed by atoms with E-state index in [1.807, 2.05) is 0 Å². The fourth-order valence-corrected chi connectivity index (χ4v) is 2.27. The maximum absolute atomic E-state index is 2.46. The number of hydrogen-bond donors (Lipinski definition) is 0. The van der Waals surface area contributed by atoms with Crippen molar-refractivity contribution in [3.63, 3.8) is 0 Å². The molecular formula is C15H34ClN3. The van der Waals surface area contributed by atoms with Gasteiger partial charge in [0.25, 0.3) is 0 Å². The van der Waals surface area contributed by atoms with Gasteiger partial charge in [-0.25, -0.2) is 0 Å². The third-order valence-corrected chi connectivity index (χ3v) is 3.42. The smallest absolute Gasteiger partial charge is 0.350 e. The zero-order valence-corrected chi connectivity index (χ0v) is 14.6. The molecule has 0 heterocycles. The average Bonchev–Trinajstić information content (AvgIpc) is 2.39. The molecule has 0 saturated carbocycles. The SMILES string of the molecule is CCCCN(C)C(N(C)CCCC)=[N+](CC)CC.[Cl-]. The van der Waals surface area contributed by atoms with Crippen molar-refractivity contribution in [2.45, 2.75) is 53.4 Å². The van der Waals surface area contributed by atoms with Gasteiger partial charge >= 0.3 is 5.96 Å². The highest BCUT2D eigenvalue weighted by molar-refractivity contribution is 5.74. The van der Waals surface area contributed by atoms with Crippen LogP contribution in [0.4, 0.5) is 0 Å². The summed E-state index contributed by atoms with van der Waals surface area (Å²) in [6.07, 6.45) is 5.05. The third-order valence-electron chi connectivity index (χ3n) is 3.42. The van der Waals surface area contributed by atoms with Gasteiger partial charge in [-0.15, -0.1) is 0 Å². The number of rotatable bonds is 8. The van der Waals surface area contributed by atoms with E-state index in [1.165, 1.54) is 31.6 Å². The normalized spacial score (nSPS) is 9.79. The van der Waals surface area contributed by atoms with Crippen molar-refractivity contribution in [2.24, 2.45) is 0 Å². The van der Waals surface area contributed by atoms with Gasteiger partial charge in [-0.1, -0.05) is 26.7 Å². The van der Waals surface area contributed by atoms with E-state index >= 15 is 0 Å². The second-order valence-corrected chi connectivity index (χ2v) is 5.02. The fraction of sp³-hybridized carbons (Fsp3) is 0.933. The summed E-state index contributed by atoms with van der Waals surface area (Å²) in [6, 6.07) is 0. The average molecular weight is 292 g/mol. The van der Waals surface area contributed by atoms with Crippen LogP contribution in [0.15, 0.2) is 0 Å². The van der Waals surface area contributed by atoms with E-state index in [2.05, 4.69) is 56.2 Å². The van der Waals surface area contributed by atoms with E-state index in [9.17, 15) is 0 Å². The summed E-state index contributed by atoms with van der Waals surface area (Å²) in [4.78, 5) is 4.85. The predicted octanol–water partition coefficient (Wildman–Crippen LogP) is -0.137. The molecule has 0 aromatic heterocycles. The Morgan fingerprint density at radius 3 is 1.42 bits per heavy atom. The van der Waals surface area contributed by atoms with Gasteiger partial charge in [0, 0.05) is 0 Å². The van der Waals surface area contributed by atoms with E-state index in [0.717, 1.165) is 26.2 Å². The largest absolute Gasteiger partial charge is 1.00 e. The zero-order valence-electron chi connectivity index (χ0n) is 13.9. The predicted molar refractivity (Wildman–Crippen MR) is 81.4 cm³/mol. The highest BCUT2D eigenvalue weighted by Gasteiger charge is 2.22. The summed E-state index contributed by atoms with van der Waals surface area (Å²) >= 11 is 0. The summed E-state index contributed by atoms with van der Waals surface area (Å²) in [6.45, 7) is 13.5. The molecule has 0 N–H and O–H groups in total. The third kappa shape index (κ3) is 7.66. The molecule has 0 unspecified atom stereocenters. The zero-order chi connectivity index (χ0) is 14.0. The minimum Gasteiger partial charge on any atom is -1.00 e. The fourth-order valence-electron chi connectivity index (χ4n) is 2.27. The van der Waals surface area contributed by atoms with Crippen LogP contribution >= 0.6 is 0 Å². The van der Waals surface area contributed by atoms with Gasteiger partial charge in [-0.05, 0) is 26.7 Å². The minimum atomic E-state index is 0. The lowest BCUT2D eigenvalue weighted by Crippen LogP contribution is -3.00. The molecule has 0 atom stereocenters. The molecule has 0 aliphatic carbocycles. The Hall–Kier alpha value is -0.440. The Balaban J connectivity index is 0. The molecule has 0 radical (unpaired) electrons. The molecule has 0 aliphatic rings. The summed E-state index contributed by atoms with van der Waals surface area (Å²) in [5, 5.41) is 0. The first-order chi connectivity index (χ1) is 8.62. The second-order valence-electron chi connectivity index (χ2n) is 5.02. The number of halogens is 1. The maximum atomic E-state index is 2.46. The van der Waals surface area contributed by atoms with E-state index in [0.29, 0.717) is 0 Å². The van der Waals surface area contributed by atoms with E-state index in [1.54, 1.807) is 0 Å². The van der Waals surface area contributed by atoms with E-state index in [-0.39, 0.29) is 12.4 Å². The lowest BCUT2D eigenvalue weighted by atomic mass is 10.3. The lowest BCUT2D eigenvalue weighted by Gasteiger charge is -2.25. The van der Waals surface area contributed by atoms with Crippen molar-refractivity contribution in [1.82, 2.24) is 9.80 Å². The quantitative estimate of drug-likeness (QED) is 0.350. The summed E-state index contributed by atoms with van der Waals surface area (Å²) in [5.41, 5.74) is 0. The van der Waals surface area contributed by atoms with Gasteiger partial charge in [0.1, 0.15) is 0 Å². The van der Waals surface area contributed by atoms with Gasteiger partial charge in [0.05, 0.1) is 40.3 Å². The number of nitrogens with zero attached hydrogens (tertiary/aromatic N) is 3. The van der Waals surface area contributed by atoms with Crippen LogP contribution in [-0.4, -0.2) is 60.6 Å². The highest BCUT2D eigenvalue weighted by Crippen LogP contribution is 2.01. The van der Waals surface area contributed by atoms with Gasteiger partial charge in [-0.2, -0.15) is 0 Å². The number of guanidine groups is 1. The van der Waals surface area contributed by atoms with Gasteiger partial charge in [0.15, 0.2) is 0 Å². The van der Waals surface area contributed by atoms with Crippen LogP contribution < -0.4 is 12.4 Å². The van der Waals surface area contributed by atoms with Crippen molar-refractivity contribution in [3.8, 4) is 0 Å². The molecule has 0 bridgehead atoms. The first-order valence-electron chi connectivity index (χ1n) is 7.66. The van der Waals surface area contributed by atoms with Gasteiger partial charge in [-0.3, -0.25) is 14.4 Å². The molecular weight excluding hydrogens is 258 g/mol. The Morgan fingerprint density at radius 2 is 1.16 bits per heavy atom. The molecule has 0 aromatic carbocycles. The monoisotopic (exact) mass is 291 g/mol. The van der Waals surface area contributed by atoms with Crippen LogP contribution in [0, 0.1) is 0 Å². The van der Waals surface area contributed by atoms with Crippen molar-refractivity contribution >= 4 is 5.96 Å². The van der Waals surface area contributed by atoms with Crippen molar-refractivity contribution < 1.29 is 17.0 Å². The minimum absolute atomic E-state index is 0. The Kier molecular flexibility index (Phi) is 13.8. The Bertz CT molecular complexity index is 220. The molecule has 3 nitrogen and oxygen atoms in total. The second kappa shape index (κ2) is 12.6. The summed E-state index contributed by atoms with van der Waals surface area (Å²) in [7, 11) is 4.46. The van der Waals surface area contributed by atoms with Crippen LogP contribution in [0.25, 0.3) is 0 Å². The molecule has 4 heteroatoms. The molecule has 19 heavy (non-hydrogen) atoms.